The maximum Gasteiger partial charge on any atom is 0.327 e. The highest BCUT2D eigenvalue weighted by molar-refractivity contribution is 7.87. The maximum absolute atomic E-state index is 11.7. The first-order chi connectivity index (χ1) is 10.9. The van der Waals surface area contributed by atoms with Crippen molar-refractivity contribution in [1.29, 1.82) is 0 Å². The van der Waals surface area contributed by atoms with Crippen LogP contribution in [-0.2, 0) is 34.0 Å². The Bertz CT molecular complexity index is 585. The minimum absolute atomic E-state index is 0.247. The van der Waals surface area contributed by atoms with Crippen molar-refractivity contribution in [2.75, 3.05) is 6.61 Å². The van der Waals surface area contributed by atoms with Crippen LogP contribution in [0.2, 0.25) is 0 Å². The summed E-state index contributed by atoms with van der Waals surface area (Å²) in [5.74, 6) is -8.09. The quantitative estimate of drug-likeness (QED) is 0.196. The van der Waals surface area contributed by atoms with E-state index in [-0.39, 0.29) is 12.8 Å². The van der Waals surface area contributed by atoms with E-state index in [4.69, 9.17) is 20.5 Å². The van der Waals surface area contributed by atoms with Crippen LogP contribution in [0.15, 0.2) is 0 Å². The van der Waals surface area contributed by atoms with Gasteiger partial charge in [-0.1, -0.05) is 13.3 Å². The van der Waals surface area contributed by atoms with Crippen LogP contribution in [0.4, 0.5) is 0 Å². The Morgan fingerprint density at radius 2 is 1.62 bits per heavy atom. The summed E-state index contributed by atoms with van der Waals surface area (Å²) in [6.07, 6.45) is -1.08. The Kier molecular flexibility index (Phi) is 8.33. The fraction of sp³-hybridized carbons (Fsp3) is 0.667. The van der Waals surface area contributed by atoms with Crippen molar-refractivity contribution in [3.05, 3.63) is 0 Å². The summed E-state index contributed by atoms with van der Waals surface area (Å²) in [6, 6.07) is 0. The summed E-state index contributed by atoms with van der Waals surface area (Å²) in [6.45, 7) is 1.11. The van der Waals surface area contributed by atoms with Gasteiger partial charge in [-0.05, 0) is 12.3 Å². The molecule has 12 heteroatoms. The fourth-order valence-corrected chi connectivity index (χ4v) is 2.47. The number of primary amides is 1. The molecule has 0 saturated carbocycles. The molecule has 5 N–H and O–H groups in total. The first kappa shape index (κ1) is 21.8. The van der Waals surface area contributed by atoms with E-state index in [1.54, 1.807) is 6.92 Å². The van der Waals surface area contributed by atoms with E-state index in [2.05, 4.69) is 4.74 Å². The van der Waals surface area contributed by atoms with Gasteiger partial charge in [0.15, 0.2) is 11.2 Å². The molecule has 138 valence electrons. The van der Waals surface area contributed by atoms with Gasteiger partial charge in [-0.25, -0.2) is 0 Å². The molecule has 0 radical (unpaired) electrons. The number of hydrogen-bond donors (Lipinski definition) is 4. The number of aliphatic carboxylic acids is 2. The van der Waals surface area contributed by atoms with E-state index in [9.17, 15) is 27.6 Å². The van der Waals surface area contributed by atoms with E-state index in [0.29, 0.717) is 0 Å². The highest BCUT2D eigenvalue weighted by Gasteiger charge is 2.35. The average Bonchev–Trinajstić information content (AvgIpc) is 2.42. The molecule has 0 fully saturated rings. The second kappa shape index (κ2) is 9.17. The predicted octanol–water partition coefficient (Wildman–Crippen LogP) is -1.14. The van der Waals surface area contributed by atoms with Crippen LogP contribution in [0.25, 0.3) is 0 Å². The molecular formula is C12H19NO10S. The van der Waals surface area contributed by atoms with E-state index in [1.165, 1.54) is 0 Å². The Labute approximate surface area is 137 Å². The smallest absolute Gasteiger partial charge is 0.327 e. The van der Waals surface area contributed by atoms with Crippen LogP contribution in [0.5, 0.6) is 0 Å². The molecule has 0 aromatic carbocycles. The number of nitrogens with two attached hydrogens (primary N) is 1. The molecule has 0 spiro atoms. The normalized spacial score (nSPS) is 14.0. The van der Waals surface area contributed by atoms with Crippen molar-refractivity contribution < 1.29 is 47.1 Å². The van der Waals surface area contributed by atoms with Gasteiger partial charge in [0.2, 0.25) is 5.91 Å². The largest absolute Gasteiger partial charge is 0.481 e. The second-order valence-corrected chi connectivity index (χ2v) is 6.64. The van der Waals surface area contributed by atoms with E-state index >= 15 is 0 Å². The first-order valence-corrected chi connectivity index (χ1v) is 8.27. The fourth-order valence-electron chi connectivity index (χ4n) is 1.78. The number of carbonyl (C=O) groups excluding carboxylic acids is 2. The lowest BCUT2D eigenvalue weighted by molar-refractivity contribution is -0.155. The minimum Gasteiger partial charge on any atom is -0.481 e. The van der Waals surface area contributed by atoms with Gasteiger partial charge in [-0.15, -0.1) is 0 Å². The molecule has 1 amide bonds. The Hall–Kier alpha value is -2.21. The number of carboxylic acid groups (broad SMARTS) is 2. The molecule has 0 aromatic heterocycles. The number of ether oxygens (including phenoxy) is 1. The predicted molar refractivity (Wildman–Crippen MR) is 77.3 cm³/mol. The van der Waals surface area contributed by atoms with Gasteiger partial charge in [0.1, 0.15) is 0 Å². The van der Waals surface area contributed by atoms with Crippen LogP contribution >= 0.6 is 0 Å². The monoisotopic (exact) mass is 369 g/mol. The summed E-state index contributed by atoms with van der Waals surface area (Å²) in [5.41, 5.74) is 4.79. The molecular weight excluding hydrogens is 350 g/mol. The zero-order valence-corrected chi connectivity index (χ0v) is 13.6. The van der Waals surface area contributed by atoms with Gasteiger partial charge in [0, 0.05) is 0 Å². The van der Waals surface area contributed by atoms with Crippen LogP contribution in [-0.4, -0.2) is 58.9 Å². The molecule has 24 heavy (non-hydrogen) atoms. The summed E-state index contributed by atoms with van der Waals surface area (Å²) in [5, 5.41) is 15.4. The molecule has 0 saturated heterocycles. The van der Waals surface area contributed by atoms with Crippen molar-refractivity contribution in [3.8, 4) is 0 Å². The van der Waals surface area contributed by atoms with Crippen molar-refractivity contribution >= 4 is 33.9 Å². The molecule has 0 aromatic rings. The van der Waals surface area contributed by atoms with Crippen molar-refractivity contribution in [1.82, 2.24) is 0 Å². The Morgan fingerprint density at radius 3 is 1.96 bits per heavy atom. The highest BCUT2D eigenvalue weighted by atomic mass is 32.2. The molecule has 0 aliphatic heterocycles. The van der Waals surface area contributed by atoms with Crippen LogP contribution < -0.4 is 5.73 Å². The van der Waals surface area contributed by atoms with Gasteiger partial charge < -0.3 is 20.7 Å². The molecule has 0 bridgehead atoms. The third-order valence-electron chi connectivity index (χ3n) is 3.21. The van der Waals surface area contributed by atoms with E-state index in [0.717, 1.165) is 0 Å². The average molecular weight is 369 g/mol. The van der Waals surface area contributed by atoms with Crippen molar-refractivity contribution in [2.45, 2.75) is 31.4 Å². The van der Waals surface area contributed by atoms with Gasteiger partial charge in [-0.3, -0.25) is 23.7 Å². The van der Waals surface area contributed by atoms with Gasteiger partial charge in [-0.2, -0.15) is 8.42 Å². The van der Waals surface area contributed by atoms with Gasteiger partial charge >= 0.3 is 17.9 Å². The molecule has 2 unspecified atom stereocenters. The second-order valence-electron chi connectivity index (χ2n) is 5.04. The summed E-state index contributed by atoms with van der Waals surface area (Å²) in [7, 11) is -4.93. The molecule has 0 aliphatic rings. The van der Waals surface area contributed by atoms with Crippen LogP contribution in [0.1, 0.15) is 26.2 Å². The molecule has 0 rings (SSSR count). The lowest BCUT2D eigenvalue weighted by Gasteiger charge is -2.19. The number of carboxylic acids is 2. The van der Waals surface area contributed by atoms with Crippen LogP contribution in [0.3, 0.4) is 0 Å². The maximum atomic E-state index is 11.7. The van der Waals surface area contributed by atoms with Gasteiger partial charge in [0.25, 0.3) is 10.1 Å². The van der Waals surface area contributed by atoms with Crippen molar-refractivity contribution in [3.63, 3.8) is 0 Å². The molecule has 11 nitrogen and oxygen atoms in total. The lowest BCUT2D eigenvalue weighted by Crippen LogP contribution is -2.37. The zero-order valence-electron chi connectivity index (χ0n) is 12.7. The minimum atomic E-state index is -4.93. The zero-order chi connectivity index (χ0) is 19.1. The van der Waals surface area contributed by atoms with Gasteiger partial charge in [0.05, 0.1) is 13.0 Å². The highest BCUT2D eigenvalue weighted by Crippen LogP contribution is 2.18. The molecule has 0 aliphatic carbocycles. The number of carbonyl (C=O) groups is 4. The summed E-state index contributed by atoms with van der Waals surface area (Å²) in [4.78, 5) is 44.1. The third-order valence-corrected chi connectivity index (χ3v) is 4.29. The van der Waals surface area contributed by atoms with Crippen LogP contribution in [0, 0.1) is 11.8 Å². The molecule has 0 heterocycles. The number of hydrogen-bond acceptors (Lipinski definition) is 7. The van der Waals surface area contributed by atoms with E-state index in [1.807, 2.05) is 0 Å². The number of rotatable bonds is 11. The standard InChI is InChI=1S/C12H19NO10S/c1-2-6(3-7(10(15)16)11(17)18)5-23-12(19)8(4-9(13)14)24(20,21)22/h6-8H,2-5H2,1H3,(H2,13,14)(H,15,16)(H,17,18)(H,20,21,22). The third kappa shape index (κ3) is 7.37. The molecule has 2 atom stereocenters. The topological polar surface area (TPSA) is 198 Å². The number of amides is 1. The van der Waals surface area contributed by atoms with E-state index < -0.39 is 64.0 Å². The summed E-state index contributed by atoms with van der Waals surface area (Å²) >= 11 is 0. The SMILES string of the molecule is CCC(COC(=O)C(CC(N)=O)S(=O)(=O)O)CC(C(=O)O)C(=O)O. The lowest BCUT2D eigenvalue weighted by atomic mass is 9.93. The number of esters is 1. The van der Waals surface area contributed by atoms with Crippen molar-refractivity contribution in [2.24, 2.45) is 17.6 Å². The Morgan fingerprint density at radius 1 is 1.12 bits per heavy atom. The Balaban J connectivity index is 4.92. The summed E-state index contributed by atoms with van der Waals surface area (Å²) < 4.78 is 35.7. The first-order valence-electron chi connectivity index (χ1n) is 6.76.